The summed E-state index contributed by atoms with van der Waals surface area (Å²) in [6.07, 6.45) is 0.265. The lowest BCUT2D eigenvalue weighted by atomic mass is 10.1. The first-order chi connectivity index (χ1) is 9.97. The van der Waals surface area contributed by atoms with Gasteiger partial charge >= 0.3 is 5.97 Å². The van der Waals surface area contributed by atoms with Gasteiger partial charge in [0, 0.05) is 19.8 Å². The third kappa shape index (κ3) is 5.26. The van der Waals surface area contributed by atoms with Crippen molar-refractivity contribution in [3.8, 4) is 6.07 Å². The van der Waals surface area contributed by atoms with Gasteiger partial charge in [0.15, 0.2) is 0 Å². The molecular formula is C15H18N2O4. The first kappa shape index (κ1) is 16.7. The van der Waals surface area contributed by atoms with Crippen molar-refractivity contribution >= 4 is 17.7 Å². The number of rotatable bonds is 6. The molecule has 0 aliphatic heterocycles. The lowest BCUT2D eigenvalue weighted by molar-refractivity contribution is -0.142. The summed E-state index contributed by atoms with van der Waals surface area (Å²) in [6, 6.07) is 9.05. The van der Waals surface area contributed by atoms with Crippen LogP contribution in [-0.2, 0) is 9.53 Å². The van der Waals surface area contributed by atoms with Crippen LogP contribution in [0.15, 0.2) is 29.8 Å². The minimum Gasteiger partial charge on any atom is -0.459 e. The van der Waals surface area contributed by atoms with Crippen molar-refractivity contribution in [2.45, 2.75) is 6.10 Å². The van der Waals surface area contributed by atoms with E-state index >= 15 is 0 Å². The predicted molar refractivity (Wildman–Crippen MR) is 78.4 cm³/mol. The van der Waals surface area contributed by atoms with E-state index in [4.69, 9.17) is 20.2 Å². The SMILES string of the molecule is CN(C)c1ccc(/C=C(/C#N)C(=O)OCC(O)CO)cc1. The lowest BCUT2D eigenvalue weighted by Gasteiger charge is -2.12. The van der Waals surface area contributed by atoms with Crippen molar-refractivity contribution in [3.05, 3.63) is 35.4 Å². The predicted octanol–water partition coefficient (Wildman–Crippen LogP) is 0.556. The number of hydrogen-bond donors (Lipinski definition) is 2. The Hall–Kier alpha value is -2.36. The first-order valence-corrected chi connectivity index (χ1v) is 6.33. The van der Waals surface area contributed by atoms with Crippen molar-refractivity contribution in [3.63, 3.8) is 0 Å². The van der Waals surface area contributed by atoms with Gasteiger partial charge in [-0.05, 0) is 23.8 Å². The van der Waals surface area contributed by atoms with E-state index in [2.05, 4.69) is 0 Å². The molecule has 0 fully saturated rings. The fourth-order valence-electron chi connectivity index (χ4n) is 1.47. The number of aliphatic hydroxyl groups excluding tert-OH is 2. The molecule has 0 saturated carbocycles. The molecule has 112 valence electrons. The number of aliphatic hydroxyl groups is 2. The van der Waals surface area contributed by atoms with Gasteiger partial charge < -0.3 is 19.8 Å². The number of benzene rings is 1. The zero-order valence-electron chi connectivity index (χ0n) is 12.0. The normalized spacial score (nSPS) is 12.4. The second-order valence-electron chi connectivity index (χ2n) is 4.59. The van der Waals surface area contributed by atoms with Crippen LogP contribution in [-0.4, -0.2) is 49.6 Å². The second kappa shape index (κ2) is 8.04. The Labute approximate surface area is 123 Å². The van der Waals surface area contributed by atoms with Gasteiger partial charge in [0.1, 0.15) is 24.4 Å². The molecular weight excluding hydrogens is 272 g/mol. The Morgan fingerprint density at radius 3 is 2.52 bits per heavy atom. The molecule has 0 radical (unpaired) electrons. The molecule has 0 bridgehead atoms. The lowest BCUT2D eigenvalue weighted by Crippen LogP contribution is -2.22. The fourth-order valence-corrected chi connectivity index (χ4v) is 1.47. The van der Waals surface area contributed by atoms with E-state index in [1.54, 1.807) is 18.2 Å². The summed E-state index contributed by atoms with van der Waals surface area (Å²) in [5.74, 6) is -0.832. The van der Waals surface area contributed by atoms with Crippen LogP contribution in [0, 0.1) is 11.3 Å². The van der Waals surface area contributed by atoms with Crippen LogP contribution in [0.1, 0.15) is 5.56 Å². The highest BCUT2D eigenvalue weighted by Crippen LogP contribution is 2.15. The summed E-state index contributed by atoms with van der Waals surface area (Å²) < 4.78 is 4.73. The minimum atomic E-state index is -1.15. The standard InChI is InChI=1S/C15H18N2O4/c1-17(2)13-5-3-11(4-6-13)7-12(8-16)15(20)21-10-14(19)9-18/h3-7,14,18-19H,9-10H2,1-2H3/b12-7-. The van der Waals surface area contributed by atoms with Gasteiger partial charge in [-0.1, -0.05) is 12.1 Å². The quantitative estimate of drug-likeness (QED) is 0.451. The number of carbonyl (C=O) groups is 1. The van der Waals surface area contributed by atoms with Crippen LogP contribution in [0.25, 0.3) is 6.08 Å². The van der Waals surface area contributed by atoms with Gasteiger partial charge in [-0.2, -0.15) is 5.26 Å². The molecule has 0 aromatic heterocycles. The Bertz CT molecular complexity index is 544. The molecule has 0 aliphatic rings. The number of nitrogens with zero attached hydrogens (tertiary/aromatic N) is 2. The second-order valence-corrected chi connectivity index (χ2v) is 4.59. The Morgan fingerprint density at radius 1 is 1.43 bits per heavy atom. The molecule has 0 spiro atoms. The van der Waals surface area contributed by atoms with Gasteiger partial charge in [-0.15, -0.1) is 0 Å². The topological polar surface area (TPSA) is 93.8 Å². The average molecular weight is 290 g/mol. The maximum absolute atomic E-state index is 11.7. The monoisotopic (exact) mass is 290 g/mol. The number of anilines is 1. The highest BCUT2D eigenvalue weighted by Gasteiger charge is 2.13. The van der Waals surface area contributed by atoms with E-state index in [0.717, 1.165) is 5.69 Å². The van der Waals surface area contributed by atoms with Crippen LogP contribution < -0.4 is 4.90 Å². The van der Waals surface area contributed by atoms with E-state index in [-0.39, 0.29) is 12.2 Å². The Balaban J connectivity index is 2.79. The molecule has 2 N–H and O–H groups in total. The molecule has 21 heavy (non-hydrogen) atoms. The molecule has 6 heteroatoms. The summed E-state index contributed by atoms with van der Waals surface area (Å²) >= 11 is 0. The molecule has 1 aromatic carbocycles. The smallest absolute Gasteiger partial charge is 0.348 e. The summed E-state index contributed by atoms with van der Waals surface area (Å²) in [6.45, 7) is -0.862. The Kier molecular flexibility index (Phi) is 6.40. The maximum atomic E-state index is 11.7. The molecule has 0 saturated heterocycles. The summed E-state index contributed by atoms with van der Waals surface area (Å²) in [7, 11) is 3.82. The van der Waals surface area contributed by atoms with Crippen LogP contribution in [0.3, 0.4) is 0 Å². The van der Waals surface area contributed by atoms with Crippen molar-refractivity contribution in [2.24, 2.45) is 0 Å². The van der Waals surface area contributed by atoms with Gasteiger partial charge in [0.2, 0.25) is 0 Å². The Morgan fingerprint density at radius 2 is 2.05 bits per heavy atom. The number of hydrogen-bond acceptors (Lipinski definition) is 6. The van der Waals surface area contributed by atoms with Gasteiger partial charge in [-0.25, -0.2) is 4.79 Å². The van der Waals surface area contributed by atoms with Crippen molar-refractivity contribution in [1.82, 2.24) is 0 Å². The fraction of sp³-hybridized carbons (Fsp3) is 0.333. The number of nitriles is 1. The van der Waals surface area contributed by atoms with Crippen LogP contribution in [0.2, 0.25) is 0 Å². The summed E-state index contributed by atoms with van der Waals surface area (Å²) in [5, 5.41) is 26.7. The zero-order valence-corrected chi connectivity index (χ0v) is 12.0. The van der Waals surface area contributed by atoms with E-state index in [1.165, 1.54) is 6.08 Å². The summed E-state index contributed by atoms with van der Waals surface area (Å²) in [4.78, 5) is 13.6. The van der Waals surface area contributed by atoms with Crippen molar-refractivity contribution in [2.75, 3.05) is 32.2 Å². The van der Waals surface area contributed by atoms with Crippen LogP contribution >= 0.6 is 0 Å². The minimum absolute atomic E-state index is 0.169. The van der Waals surface area contributed by atoms with Crippen molar-refractivity contribution < 1.29 is 19.7 Å². The highest BCUT2D eigenvalue weighted by atomic mass is 16.5. The number of ether oxygens (including phenoxy) is 1. The summed E-state index contributed by atoms with van der Waals surface area (Å²) in [5.41, 5.74) is 1.52. The molecule has 1 rings (SSSR count). The van der Waals surface area contributed by atoms with Gasteiger partial charge in [0.25, 0.3) is 0 Å². The number of carbonyl (C=O) groups excluding carboxylic acids is 1. The molecule has 0 amide bonds. The largest absolute Gasteiger partial charge is 0.459 e. The number of esters is 1. The third-order valence-electron chi connectivity index (χ3n) is 2.68. The third-order valence-corrected chi connectivity index (χ3v) is 2.68. The molecule has 1 unspecified atom stereocenters. The maximum Gasteiger partial charge on any atom is 0.348 e. The van der Waals surface area contributed by atoms with E-state index in [0.29, 0.717) is 5.56 Å². The van der Waals surface area contributed by atoms with Crippen LogP contribution in [0.4, 0.5) is 5.69 Å². The van der Waals surface area contributed by atoms with E-state index in [1.807, 2.05) is 31.1 Å². The first-order valence-electron chi connectivity index (χ1n) is 6.33. The molecule has 6 nitrogen and oxygen atoms in total. The van der Waals surface area contributed by atoms with E-state index in [9.17, 15) is 4.79 Å². The van der Waals surface area contributed by atoms with Crippen molar-refractivity contribution in [1.29, 1.82) is 5.26 Å². The molecule has 1 aromatic rings. The zero-order chi connectivity index (χ0) is 15.8. The van der Waals surface area contributed by atoms with Crippen LogP contribution in [0.5, 0.6) is 0 Å². The molecule has 0 aliphatic carbocycles. The van der Waals surface area contributed by atoms with Gasteiger partial charge in [-0.3, -0.25) is 0 Å². The highest BCUT2D eigenvalue weighted by molar-refractivity contribution is 5.97. The van der Waals surface area contributed by atoms with E-state index < -0.39 is 18.7 Å². The average Bonchev–Trinajstić information content (AvgIpc) is 2.50. The van der Waals surface area contributed by atoms with Gasteiger partial charge in [0.05, 0.1) is 6.61 Å². The molecule has 0 heterocycles. The molecule has 1 atom stereocenters.